The molecule has 0 saturated heterocycles. The third-order valence-electron chi connectivity index (χ3n) is 4.31. The van der Waals surface area contributed by atoms with E-state index in [0.717, 1.165) is 12.8 Å². The molecule has 2 aliphatic rings. The predicted molar refractivity (Wildman–Crippen MR) is 92.0 cm³/mol. The smallest absolute Gasteiger partial charge is 0.190 e. The molecule has 0 unspecified atom stereocenters. The van der Waals surface area contributed by atoms with Crippen molar-refractivity contribution < 1.29 is 14.0 Å². The minimum Gasteiger partial charge on any atom is -0.289 e. The number of carbonyl (C=O) groups excluding carboxylic acids is 2. The Morgan fingerprint density at radius 1 is 1.21 bits per heavy atom. The Kier molecular flexibility index (Phi) is 4.38. The van der Waals surface area contributed by atoms with Crippen LogP contribution in [0, 0.1) is 5.92 Å². The van der Waals surface area contributed by atoms with E-state index in [1.807, 2.05) is 0 Å². The molecule has 1 fully saturated rings. The van der Waals surface area contributed by atoms with E-state index in [-0.39, 0.29) is 29.7 Å². The second kappa shape index (κ2) is 6.48. The second-order valence-electron chi connectivity index (χ2n) is 6.12. The van der Waals surface area contributed by atoms with Gasteiger partial charge in [-0.3, -0.25) is 14.6 Å². The molecule has 0 spiro atoms. The minimum atomic E-state index is -0.357. The highest BCUT2D eigenvalue weighted by atomic mass is 19.1. The van der Waals surface area contributed by atoms with Crippen LogP contribution < -0.4 is 0 Å². The third-order valence-corrected chi connectivity index (χ3v) is 4.31. The highest BCUT2D eigenvalue weighted by molar-refractivity contribution is 6.27. The van der Waals surface area contributed by atoms with E-state index in [0.29, 0.717) is 28.0 Å². The Morgan fingerprint density at radius 3 is 2.38 bits per heavy atom. The zero-order valence-corrected chi connectivity index (χ0v) is 13.5. The van der Waals surface area contributed by atoms with Crippen molar-refractivity contribution in [1.82, 2.24) is 0 Å². The van der Waals surface area contributed by atoms with Crippen LogP contribution in [0.25, 0.3) is 0 Å². The molecule has 0 aromatic heterocycles. The molecule has 3 rings (SSSR count). The lowest BCUT2D eigenvalue weighted by Crippen LogP contribution is -2.23. The number of carbonyl (C=O) groups is 2. The molecule has 0 amide bonds. The van der Waals surface area contributed by atoms with Gasteiger partial charge in [-0.15, -0.1) is 0 Å². The van der Waals surface area contributed by atoms with E-state index >= 15 is 0 Å². The van der Waals surface area contributed by atoms with Crippen LogP contribution in [0.1, 0.15) is 46.9 Å². The Hall–Kier alpha value is -2.62. The first kappa shape index (κ1) is 16.2. The number of rotatable bonds is 5. The molecule has 1 saturated carbocycles. The summed E-state index contributed by atoms with van der Waals surface area (Å²) >= 11 is 0. The fraction of sp³-hybridized carbons (Fsp3) is 0.250. The van der Waals surface area contributed by atoms with Crippen molar-refractivity contribution in [3.8, 4) is 0 Å². The molecule has 2 aliphatic carbocycles. The zero-order chi connectivity index (χ0) is 17.3. The number of aliphatic imine (C=N–C) groups is 1. The van der Waals surface area contributed by atoms with E-state index in [9.17, 15) is 14.0 Å². The summed E-state index contributed by atoms with van der Waals surface area (Å²) in [5, 5.41) is 0. The summed E-state index contributed by atoms with van der Waals surface area (Å²) in [4.78, 5) is 29.6. The van der Waals surface area contributed by atoms with E-state index in [2.05, 4.69) is 11.7 Å². The van der Waals surface area contributed by atoms with Crippen LogP contribution in [-0.2, 0) is 0 Å². The second-order valence-corrected chi connectivity index (χ2v) is 6.12. The van der Waals surface area contributed by atoms with Gasteiger partial charge in [-0.05, 0) is 44.6 Å². The lowest BCUT2D eigenvalue weighted by atomic mass is 9.80. The number of Topliss-reactive ketones (excluding diaryl/α,β-unsaturated/α-hetero) is 2. The van der Waals surface area contributed by atoms with Gasteiger partial charge in [-0.2, -0.15) is 0 Å². The van der Waals surface area contributed by atoms with Gasteiger partial charge in [-0.25, -0.2) is 4.39 Å². The van der Waals surface area contributed by atoms with Gasteiger partial charge in [0.2, 0.25) is 0 Å². The standard InChI is InChI=1S/C20H18FNO2/c1-12(21)7-10-14(22-2)11-17-18(13-8-9-13)20(24)16-6-4-3-5-15(16)19(17)23/h3-7,10,13H,2,8-9,11H2,1H3/b12-7+,14-10-. The monoisotopic (exact) mass is 323 g/mol. The van der Waals surface area contributed by atoms with Crippen LogP contribution in [0.2, 0.25) is 0 Å². The summed E-state index contributed by atoms with van der Waals surface area (Å²) in [7, 11) is 0. The number of hydrogen-bond acceptors (Lipinski definition) is 3. The molecule has 122 valence electrons. The number of allylic oxidation sites excluding steroid dienone is 5. The highest BCUT2D eigenvalue weighted by Gasteiger charge is 2.39. The maximum Gasteiger partial charge on any atom is 0.190 e. The Balaban J connectivity index is 2.06. The van der Waals surface area contributed by atoms with Crippen LogP contribution >= 0.6 is 0 Å². The number of fused-ring (bicyclic) bond motifs is 1. The van der Waals surface area contributed by atoms with Crippen molar-refractivity contribution >= 4 is 18.3 Å². The Morgan fingerprint density at radius 2 is 1.83 bits per heavy atom. The van der Waals surface area contributed by atoms with Crippen LogP contribution in [0.3, 0.4) is 0 Å². The topological polar surface area (TPSA) is 46.5 Å². The summed E-state index contributed by atoms with van der Waals surface area (Å²) < 4.78 is 12.9. The number of benzene rings is 1. The van der Waals surface area contributed by atoms with Gasteiger partial charge in [0.1, 0.15) is 0 Å². The van der Waals surface area contributed by atoms with Gasteiger partial charge in [-0.1, -0.05) is 24.3 Å². The number of nitrogens with zero attached hydrogens (tertiary/aromatic N) is 1. The first-order valence-electron chi connectivity index (χ1n) is 7.94. The molecule has 0 heterocycles. The predicted octanol–water partition coefficient (Wildman–Crippen LogP) is 4.62. The summed E-state index contributed by atoms with van der Waals surface area (Å²) in [6.07, 6.45) is 4.81. The molecule has 3 nitrogen and oxygen atoms in total. The quantitative estimate of drug-likeness (QED) is 0.586. The first-order chi connectivity index (χ1) is 11.5. The molecular weight excluding hydrogens is 305 g/mol. The van der Waals surface area contributed by atoms with Crippen LogP contribution in [0.15, 0.2) is 64.1 Å². The number of hydrogen-bond donors (Lipinski definition) is 0. The van der Waals surface area contributed by atoms with Gasteiger partial charge in [0, 0.05) is 34.4 Å². The van der Waals surface area contributed by atoms with Gasteiger partial charge in [0.15, 0.2) is 11.6 Å². The summed E-state index contributed by atoms with van der Waals surface area (Å²) in [5.41, 5.74) is 2.46. The first-order valence-corrected chi connectivity index (χ1v) is 7.94. The average Bonchev–Trinajstić information content (AvgIpc) is 3.40. The lowest BCUT2D eigenvalue weighted by molar-refractivity contribution is 0.0968. The van der Waals surface area contributed by atoms with Gasteiger partial charge in [0.05, 0.1) is 5.83 Å². The zero-order valence-electron chi connectivity index (χ0n) is 13.5. The van der Waals surface area contributed by atoms with Crippen molar-refractivity contribution in [2.75, 3.05) is 0 Å². The largest absolute Gasteiger partial charge is 0.289 e. The van der Waals surface area contributed by atoms with E-state index in [1.54, 1.807) is 24.3 Å². The van der Waals surface area contributed by atoms with Gasteiger partial charge < -0.3 is 0 Å². The summed E-state index contributed by atoms with van der Waals surface area (Å²) in [5.74, 6) is -0.413. The summed E-state index contributed by atoms with van der Waals surface area (Å²) in [6, 6.07) is 6.90. The molecule has 24 heavy (non-hydrogen) atoms. The molecule has 0 N–H and O–H groups in total. The summed E-state index contributed by atoms with van der Waals surface area (Å²) in [6.45, 7) is 4.82. The van der Waals surface area contributed by atoms with Crippen LogP contribution in [-0.4, -0.2) is 18.3 Å². The third kappa shape index (κ3) is 3.04. The number of ketones is 2. The fourth-order valence-electron chi connectivity index (χ4n) is 2.99. The maximum atomic E-state index is 12.9. The van der Waals surface area contributed by atoms with E-state index in [4.69, 9.17) is 0 Å². The van der Waals surface area contributed by atoms with Crippen molar-refractivity contribution in [3.63, 3.8) is 0 Å². The van der Waals surface area contributed by atoms with Gasteiger partial charge >= 0.3 is 0 Å². The highest BCUT2D eigenvalue weighted by Crippen LogP contribution is 2.44. The maximum absolute atomic E-state index is 12.9. The molecule has 0 radical (unpaired) electrons. The molecule has 1 aromatic rings. The number of halogens is 1. The van der Waals surface area contributed by atoms with Crippen molar-refractivity contribution in [2.45, 2.75) is 26.2 Å². The van der Waals surface area contributed by atoms with E-state index in [1.165, 1.54) is 19.1 Å². The van der Waals surface area contributed by atoms with Gasteiger partial charge in [0.25, 0.3) is 0 Å². The Bertz CT molecular complexity index is 822. The SMILES string of the molecule is C=N/C(=C\C=C(/C)F)CC1=C(C2CC2)C(=O)c2ccccc2C1=O. The molecule has 1 aromatic carbocycles. The Labute approximate surface area is 140 Å². The van der Waals surface area contributed by atoms with Crippen LogP contribution in [0.5, 0.6) is 0 Å². The minimum absolute atomic E-state index is 0.0664. The average molecular weight is 323 g/mol. The van der Waals surface area contributed by atoms with E-state index < -0.39 is 0 Å². The molecule has 0 bridgehead atoms. The van der Waals surface area contributed by atoms with Crippen molar-refractivity contribution in [1.29, 1.82) is 0 Å². The molecule has 4 heteroatoms. The van der Waals surface area contributed by atoms with Crippen LogP contribution in [0.4, 0.5) is 4.39 Å². The lowest BCUT2D eigenvalue weighted by Gasteiger charge is -2.21. The molecular formula is C20H18FNO2. The fourth-order valence-corrected chi connectivity index (χ4v) is 2.99. The van der Waals surface area contributed by atoms with Crippen molar-refractivity contribution in [2.24, 2.45) is 10.9 Å². The van der Waals surface area contributed by atoms with Crippen molar-refractivity contribution in [3.05, 3.63) is 70.2 Å². The normalized spacial score (nSPS) is 18.8. The molecule has 0 atom stereocenters. The molecule has 0 aliphatic heterocycles.